The molecule has 0 saturated heterocycles. The molecule has 2 aromatic rings. The Morgan fingerprint density at radius 2 is 1.90 bits per heavy atom. The molecular formula is C12H15ClN6S. The average molecular weight is 311 g/mol. The lowest BCUT2D eigenvalue weighted by Crippen LogP contribution is -2.17. The number of halogens is 1. The highest BCUT2D eigenvalue weighted by molar-refractivity contribution is 7.98. The second-order valence-electron chi connectivity index (χ2n) is 4.20. The third kappa shape index (κ3) is 3.96. The normalized spacial score (nSPS) is 10.4. The van der Waals surface area contributed by atoms with Crippen LogP contribution in [0.4, 0.5) is 11.9 Å². The molecule has 1 aromatic carbocycles. The van der Waals surface area contributed by atoms with Crippen LogP contribution in [0.2, 0.25) is 5.02 Å². The third-order valence-electron chi connectivity index (χ3n) is 2.41. The Morgan fingerprint density at radius 1 is 1.20 bits per heavy atom. The monoisotopic (exact) mass is 310 g/mol. The molecule has 0 fully saturated rings. The van der Waals surface area contributed by atoms with Gasteiger partial charge in [-0.25, -0.2) is 5.84 Å². The molecule has 8 heteroatoms. The maximum absolute atomic E-state index is 5.86. The molecule has 0 bridgehead atoms. The second kappa shape index (κ2) is 6.74. The number of nitrogens with two attached hydrogens (primary N) is 1. The predicted octanol–water partition coefficient (Wildman–Crippen LogP) is 2.17. The Balaban J connectivity index is 2.12. The van der Waals surface area contributed by atoms with E-state index in [2.05, 4.69) is 20.4 Å². The van der Waals surface area contributed by atoms with Crippen LogP contribution >= 0.6 is 23.4 Å². The number of anilines is 2. The van der Waals surface area contributed by atoms with Crippen molar-refractivity contribution < 1.29 is 0 Å². The van der Waals surface area contributed by atoms with Crippen molar-refractivity contribution >= 4 is 35.3 Å². The van der Waals surface area contributed by atoms with Gasteiger partial charge in [-0.1, -0.05) is 35.5 Å². The van der Waals surface area contributed by atoms with Gasteiger partial charge >= 0.3 is 0 Å². The lowest BCUT2D eigenvalue weighted by atomic mass is 10.2. The first-order chi connectivity index (χ1) is 9.58. The summed E-state index contributed by atoms with van der Waals surface area (Å²) in [7, 11) is 3.73. The van der Waals surface area contributed by atoms with Crippen LogP contribution in [0.25, 0.3) is 0 Å². The maximum Gasteiger partial charge on any atom is 0.242 e. The lowest BCUT2D eigenvalue weighted by Gasteiger charge is -2.12. The van der Waals surface area contributed by atoms with Gasteiger partial charge in [-0.2, -0.15) is 15.0 Å². The number of hydrazine groups is 1. The Kier molecular flexibility index (Phi) is 4.99. The van der Waals surface area contributed by atoms with Crippen molar-refractivity contribution in [2.45, 2.75) is 10.9 Å². The van der Waals surface area contributed by atoms with Gasteiger partial charge in [-0.3, -0.25) is 5.43 Å². The molecule has 0 aliphatic carbocycles. The van der Waals surface area contributed by atoms with Crippen molar-refractivity contribution in [1.82, 2.24) is 15.0 Å². The van der Waals surface area contributed by atoms with Gasteiger partial charge in [-0.15, -0.1) is 0 Å². The van der Waals surface area contributed by atoms with Gasteiger partial charge in [0.1, 0.15) is 0 Å². The summed E-state index contributed by atoms with van der Waals surface area (Å²) in [6.45, 7) is 0. The summed E-state index contributed by atoms with van der Waals surface area (Å²) in [5.41, 5.74) is 3.60. The van der Waals surface area contributed by atoms with Gasteiger partial charge < -0.3 is 4.90 Å². The average Bonchev–Trinajstić information content (AvgIpc) is 2.46. The summed E-state index contributed by atoms with van der Waals surface area (Å²) in [5.74, 6) is 7.03. The van der Waals surface area contributed by atoms with Crippen molar-refractivity contribution in [3.05, 3.63) is 34.9 Å². The van der Waals surface area contributed by atoms with Crippen LogP contribution in [0, 0.1) is 0 Å². The number of nitrogen functional groups attached to an aromatic ring is 1. The molecule has 20 heavy (non-hydrogen) atoms. The third-order valence-corrected chi connectivity index (χ3v) is 3.58. The molecule has 0 aliphatic rings. The number of nitrogens with zero attached hydrogens (tertiary/aromatic N) is 4. The summed E-state index contributed by atoms with van der Waals surface area (Å²) < 4.78 is 0. The van der Waals surface area contributed by atoms with E-state index in [1.54, 1.807) is 4.90 Å². The maximum atomic E-state index is 5.86. The Hall–Kier alpha value is -1.57. The van der Waals surface area contributed by atoms with Crippen LogP contribution in [0.15, 0.2) is 29.4 Å². The number of benzene rings is 1. The van der Waals surface area contributed by atoms with Crippen LogP contribution in [-0.2, 0) is 5.75 Å². The van der Waals surface area contributed by atoms with E-state index in [1.807, 2.05) is 38.4 Å². The van der Waals surface area contributed by atoms with Crippen molar-refractivity contribution in [2.24, 2.45) is 5.84 Å². The number of rotatable bonds is 5. The van der Waals surface area contributed by atoms with Crippen molar-refractivity contribution in [3.63, 3.8) is 0 Å². The van der Waals surface area contributed by atoms with Gasteiger partial charge in [0.05, 0.1) is 0 Å². The van der Waals surface area contributed by atoms with Gasteiger partial charge in [-0.05, 0) is 17.7 Å². The predicted molar refractivity (Wildman–Crippen MR) is 83.0 cm³/mol. The van der Waals surface area contributed by atoms with E-state index >= 15 is 0 Å². The zero-order valence-electron chi connectivity index (χ0n) is 11.2. The fraction of sp³-hybridized carbons (Fsp3) is 0.250. The highest BCUT2D eigenvalue weighted by Gasteiger charge is 2.08. The summed E-state index contributed by atoms with van der Waals surface area (Å²) in [6.07, 6.45) is 0. The smallest absolute Gasteiger partial charge is 0.242 e. The summed E-state index contributed by atoms with van der Waals surface area (Å²) in [4.78, 5) is 14.5. The lowest BCUT2D eigenvalue weighted by molar-refractivity contribution is 0.865. The molecule has 0 spiro atoms. The van der Waals surface area contributed by atoms with Crippen LogP contribution in [-0.4, -0.2) is 29.0 Å². The first-order valence-electron chi connectivity index (χ1n) is 5.86. The molecule has 0 amide bonds. The summed E-state index contributed by atoms with van der Waals surface area (Å²) in [6, 6.07) is 7.68. The minimum absolute atomic E-state index is 0.349. The Morgan fingerprint density at radius 3 is 2.50 bits per heavy atom. The molecule has 1 heterocycles. The number of hydrogen-bond donors (Lipinski definition) is 2. The molecule has 1 aromatic heterocycles. The number of aromatic nitrogens is 3. The van der Waals surface area contributed by atoms with E-state index in [4.69, 9.17) is 17.4 Å². The highest BCUT2D eigenvalue weighted by atomic mass is 35.5. The van der Waals surface area contributed by atoms with Crippen LogP contribution < -0.4 is 16.2 Å². The van der Waals surface area contributed by atoms with E-state index in [1.165, 1.54) is 11.8 Å². The van der Waals surface area contributed by atoms with E-state index in [0.717, 1.165) is 16.3 Å². The van der Waals surface area contributed by atoms with Crippen LogP contribution in [0.5, 0.6) is 0 Å². The first kappa shape index (κ1) is 14.8. The molecule has 0 unspecified atom stereocenters. The highest BCUT2D eigenvalue weighted by Crippen LogP contribution is 2.22. The van der Waals surface area contributed by atoms with Gasteiger partial charge in [0.25, 0.3) is 0 Å². The minimum atomic E-state index is 0.349. The Bertz CT molecular complexity index is 575. The number of thioether (sulfide) groups is 1. The van der Waals surface area contributed by atoms with E-state index in [-0.39, 0.29) is 0 Å². The molecule has 2 rings (SSSR count). The largest absolute Gasteiger partial charge is 0.347 e. The van der Waals surface area contributed by atoms with Crippen LogP contribution in [0.3, 0.4) is 0 Å². The first-order valence-corrected chi connectivity index (χ1v) is 7.22. The van der Waals surface area contributed by atoms with Gasteiger partial charge in [0, 0.05) is 24.9 Å². The zero-order chi connectivity index (χ0) is 14.5. The molecule has 6 nitrogen and oxygen atoms in total. The standard InChI is InChI=1S/C12H15ClN6S/c1-19(2)11-15-10(18-14)16-12(17-11)20-7-8-3-5-9(13)6-4-8/h3-6H,7,14H2,1-2H3,(H,15,16,17,18). The van der Waals surface area contributed by atoms with Crippen LogP contribution in [0.1, 0.15) is 5.56 Å². The van der Waals surface area contributed by atoms with Crippen molar-refractivity contribution in [3.8, 4) is 0 Å². The Labute approximate surface area is 126 Å². The fourth-order valence-corrected chi connectivity index (χ4v) is 2.31. The van der Waals surface area contributed by atoms with Gasteiger partial charge in [0.2, 0.25) is 11.9 Å². The quantitative estimate of drug-likeness (QED) is 0.497. The molecule has 0 aliphatic heterocycles. The molecule has 3 N–H and O–H groups in total. The van der Waals surface area contributed by atoms with Crippen molar-refractivity contribution in [2.75, 3.05) is 24.4 Å². The van der Waals surface area contributed by atoms with Gasteiger partial charge in [0.15, 0.2) is 5.16 Å². The molecule has 0 atom stereocenters. The van der Waals surface area contributed by atoms with Crippen molar-refractivity contribution in [1.29, 1.82) is 0 Å². The van der Waals surface area contributed by atoms with E-state index < -0.39 is 0 Å². The molecule has 0 saturated carbocycles. The SMILES string of the molecule is CN(C)c1nc(NN)nc(SCc2ccc(Cl)cc2)n1. The summed E-state index contributed by atoms with van der Waals surface area (Å²) in [5, 5.41) is 1.34. The number of hydrogen-bond acceptors (Lipinski definition) is 7. The topological polar surface area (TPSA) is 80.0 Å². The molecular weight excluding hydrogens is 296 g/mol. The summed E-state index contributed by atoms with van der Waals surface area (Å²) >= 11 is 7.37. The van der Waals surface area contributed by atoms with E-state index in [0.29, 0.717) is 17.1 Å². The number of nitrogens with one attached hydrogen (secondary N) is 1. The fourth-order valence-electron chi connectivity index (χ4n) is 1.40. The zero-order valence-corrected chi connectivity index (χ0v) is 12.7. The second-order valence-corrected chi connectivity index (χ2v) is 5.57. The molecule has 106 valence electrons. The molecule has 0 radical (unpaired) electrons. The van der Waals surface area contributed by atoms with E-state index in [9.17, 15) is 0 Å². The minimum Gasteiger partial charge on any atom is -0.347 e.